The second kappa shape index (κ2) is 3.74. The van der Waals surface area contributed by atoms with Gasteiger partial charge in [-0.05, 0) is 13.3 Å². The van der Waals surface area contributed by atoms with Gasteiger partial charge in [0.15, 0.2) is 5.82 Å². The van der Waals surface area contributed by atoms with Gasteiger partial charge in [0.1, 0.15) is 6.61 Å². The van der Waals surface area contributed by atoms with Gasteiger partial charge in [0.05, 0.1) is 0 Å². The van der Waals surface area contributed by atoms with Gasteiger partial charge < -0.3 is 9.64 Å². The van der Waals surface area contributed by atoms with Crippen molar-refractivity contribution < 1.29 is 4.74 Å². The summed E-state index contributed by atoms with van der Waals surface area (Å²) in [5.74, 6) is 1.62. The van der Waals surface area contributed by atoms with Crippen LogP contribution in [0.5, 0.6) is 0 Å². The number of nitrogens with zero attached hydrogens (tertiary/aromatic N) is 3. The van der Waals surface area contributed by atoms with Gasteiger partial charge in [0.25, 0.3) is 0 Å². The Morgan fingerprint density at radius 2 is 2.38 bits per heavy atom. The zero-order chi connectivity index (χ0) is 9.10. The first kappa shape index (κ1) is 8.50. The molecule has 0 aliphatic carbocycles. The Bertz CT molecular complexity index is 269. The van der Waals surface area contributed by atoms with Crippen molar-refractivity contribution in [3.05, 3.63) is 5.82 Å². The van der Waals surface area contributed by atoms with Crippen LogP contribution in [0.25, 0.3) is 0 Å². The molecule has 0 bridgehead atoms. The third kappa shape index (κ3) is 1.80. The monoisotopic (exact) mass is 182 g/mol. The average molecular weight is 182 g/mol. The molecule has 2 rings (SSSR count). The Labute approximate surface area is 77.1 Å². The van der Waals surface area contributed by atoms with Gasteiger partial charge in [-0.25, -0.2) is 0 Å². The number of H-pyrrole nitrogens is 1. The normalized spacial score (nSPS) is 15.9. The number of rotatable bonds is 4. The number of aromatic amines is 1. The molecule has 1 fully saturated rings. The van der Waals surface area contributed by atoms with Crippen LogP contribution in [0.15, 0.2) is 0 Å². The Morgan fingerprint density at radius 1 is 1.54 bits per heavy atom. The highest BCUT2D eigenvalue weighted by molar-refractivity contribution is 5.31. The highest BCUT2D eigenvalue weighted by atomic mass is 16.5. The SMILES string of the molecule is CCOCc1nc(N2CCC2)n[nH]1. The lowest BCUT2D eigenvalue weighted by molar-refractivity contribution is 0.128. The molecule has 72 valence electrons. The first-order chi connectivity index (χ1) is 6.40. The van der Waals surface area contributed by atoms with Gasteiger partial charge in [-0.3, -0.25) is 5.10 Å². The summed E-state index contributed by atoms with van der Waals surface area (Å²) in [6, 6.07) is 0. The molecule has 0 atom stereocenters. The van der Waals surface area contributed by atoms with Crippen LogP contribution < -0.4 is 4.90 Å². The van der Waals surface area contributed by atoms with E-state index in [2.05, 4.69) is 20.1 Å². The van der Waals surface area contributed by atoms with E-state index in [1.807, 2.05) is 6.92 Å². The third-order valence-corrected chi connectivity index (χ3v) is 2.10. The second-order valence-corrected chi connectivity index (χ2v) is 3.06. The lowest BCUT2D eigenvalue weighted by Crippen LogP contribution is -2.37. The molecule has 2 heterocycles. The van der Waals surface area contributed by atoms with Crippen molar-refractivity contribution in [2.75, 3.05) is 24.6 Å². The number of aromatic nitrogens is 3. The van der Waals surface area contributed by atoms with E-state index in [9.17, 15) is 0 Å². The molecule has 5 heteroatoms. The molecule has 0 amide bonds. The van der Waals surface area contributed by atoms with Crippen LogP contribution in [0.1, 0.15) is 19.2 Å². The van der Waals surface area contributed by atoms with Gasteiger partial charge >= 0.3 is 0 Å². The number of anilines is 1. The van der Waals surface area contributed by atoms with Gasteiger partial charge in [-0.1, -0.05) is 0 Å². The van der Waals surface area contributed by atoms with Crippen molar-refractivity contribution in [1.82, 2.24) is 15.2 Å². The summed E-state index contributed by atoms with van der Waals surface area (Å²) in [7, 11) is 0. The Hall–Kier alpha value is -1.10. The molecule has 1 aromatic rings. The zero-order valence-corrected chi connectivity index (χ0v) is 7.79. The minimum absolute atomic E-state index is 0.525. The van der Waals surface area contributed by atoms with Gasteiger partial charge in [0, 0.05) is 19.7 Å². The fourth-order valence-electron chi connectivity index (χ4n) is 1.21. The summed E-state index contributed by atoms with van der Waals surface area (Å²) >= 11 is 0. The first-order valence-electron chi connectivity index (χ1n) is 4.64. The lowest BCUT2D eigenvalue weighted by atomic mass is 10.2. The smallest absolute Gasteiger partial charge is 0.244 e. The molecule has 5 nitrogen and oxygen atoms in total. The van der Waals surface area contributed by atoms with Crippen LogP contribution in [-0.4, -0.2) is 34.9 Å². The van der Waals surface area contributed by atoms with E-state index in [-0.39, 0.29) is 0 Å². The fourth-order valence-corrected chi connectivity index (χ4v) is 1.21. The molecule has 1 aliphatic rings. The number of ether oxygens (including phenoxy) is 1. The maximum atomic E-state index is 5.21. The molecule has 0 radical (unpaired) electrons. The second-order valence-electron chi connectivity index (χ2n) is 3.06. The molecule has 0 spiro atoms. The lowest BCUT2D eigenvalue weighted by Gasteiger charge is -2.29. The minimum Gasteiger partial charge on any atom is -0.374 e. The van der Waals surface area contributed by atoms with Crippen LogP contribution in [0.3, 0.4) is 0 Å². The summed E-state index contributed by atoms with van der Waals surface area (Å²) < 4.78 is 5.21. The van der Waals surface area contributed by atoms with E-state index in [4.69, 9.17) is 4.74 Å². The van der Waals surface area contributed by atoms with Crippen molar-refractivity contribution in [3.63, 3.8) is 0 Å². The topological polar surface area (TPSA) is 54.0 Å². The van der Waals surface area contributed by atoms with E-state index < -0.39 is 0 Å². The molecule has 1 aromatic heterocycles. The van der Waals surface area contributed by atoms with Gasteiger partial charge in [0.2, 0.25) is 5.95 Å². The molecule has 0 aromatic carbocycles. The predicted octanol–water partition coefficient (Wildman–Crippen LogP) is 0.551. The van der Waals surface area contributed by atoms with Crippen LogP contribution in [0.2, 0.25) is 0 Å². The van der Waals surface area contributed by atoms with Crippen molar-refractivity contribution in [2.45, 2.75) is 20.0 Å². The van der Waals surface area contributed by atoms with Crippen LogP contribution in [0.4, 0.5) is 5.95 Å². The van der Waals surface area contributed by atoms with E-state index in [1.165, 1.54) is 6.42 Å². The van der Waals surface area contributed by atoms with Crippen LogP contribution in [0, 0.1) is 0 Å². The summed E-state index contributed by atoms with van der Waals surface area (Å²) in [6.07, 6.45) is 1.25. The first-order valence-corrected chi connectivity index (χ1v) is 4.64. The number of hydrogen-bond acceptors (Lipinski definition) is 4. The van der Waals surface area contributed by atoms with E-state index in [1.54, 1.807) is 0 Å². The molecule has 1 N–H and O–H groups in total. The molecule has 0 saturated carbocycles. The molecular formula is C8H14N4O. The summed E-state index contributed by atoms with van der Waals surface area (Å²) in [5, 5.41) is 6.96. The quantitative estimate of drug-likeness (QED) is 0.739. The van der Waals surface area contributed by atoms with E-state index >= 15 is 0 Å². The summed E-state index contributed by atoms with van der Waals surface area (Å²) in [5.41, 5.74) is 0. The van der Waals surface area contributed by atoms with Crippen LogP contribution in [-0.2, 0) is 11.3 Å². The van der Waals surface area contributed by atoms with Crippen molar-refractivity contribution in [3.8, 4) is 0 Å². The van der Waals surface area contributed by atoms with Crippen molar-refractivity contribution in [1.29, 1.82) is 0 Å². The Balaban J connectivity index is 1.92. The highest BCUT2D eigenvalue weighted by Gasteiger charge is 2.18. The van der Waals surface area contributed by atoms with E-state index in [0.29, 0.717) is 13.2 Å². The third-order valence-electron chi connectivity index (χ3n) is 2.10. The standard InChI is InChI=1S/C8H14N4O/c1-2-13-6-7-9-8(11-10-7)12-4-3-5-12/h2-6H2,1H3,(H,9,10,11). The molecule has 0 unspecified atom stereocenters. The summed E-state index contributed by atoms with van der Waals surface area (Å²) in [6.45, 7) is 5.35. The maximum absolute atomic E-state index is 5.21. The Morgan fingerprint density at radius 3 is 3.00 bits per heavy atom. The maximum Gasteiger partial charge on any atom is 0.244 e. The molecular weight excluding hydrogens is 168 g/mol. The number of nitrogens with one attached hydrogen (secondary N) is 1. The largest absolute Gasteiger partial charge is 0.374 e. The molecule has 1 saturated heterocycles. The fraction of sp³-hybridized carbons (Fsp3) is 0.750. The number of hydrogen-bond donors (Lipinski definition) is 1. The molecule has 1 aliphatic heterocycles. The average Bonchev–Trinajstić information content (AvgIpc) is 2.46. The molecule has 13 heavy (non-hydrogen) atoms. The summed E-state index contributed by atoms with van der Waals surface area (Å²) in [4.78, 5) is 6.45. The van der Waals surface area contributed by atoms with Crippen molar-refractivity contribution in [2.24, 2.45) is 0 Å². The predicted molar refractivity (Wildman–Crippen MR) is 48.5 cm³/mol. The van der Waals surface area contributed by atoms with Crippen LogP contribution >= 0.6 is 0 Å². The van der Waals surface area contributed by atoms with Gasteiger partial charge in [-0.2, -0.15) is 4.98 Å². The van der Waals surface area contributed by atoms with Gasteiger partial charge in [-0.15, -0.1) is 5.10 Å². The Kier molecular flexibility index (Phi) is 2.44. The highest BCUT2D eigenvalue weighted by Crippen LogP contribution is 2.14. The zero-order valence-electron chi connectivity index (χ0n) is 7.79. The minimum atomic E-state index is 0.525. The van der Waals surface area contributed by atoms with Crippen molar-refractivity contribution >= 4 is 5.95 Å². The van der Waals surface area contributed by atoms with E-state index in [0.717, 1.165) is 24.9 Å².